The van der Waals surface area contributed by atoms with Gasteiger partial charge in [-0.15, -0.1) is 0 Å². The molecule has 0 unspecified atom stereocenters. The SMILES string of the molecule is CC(=O)NC[C@H]1CN(c2ccc3c(c2)CC[C@@H](CO)C3=O)C(=O)O1. The fourth-order valence-electron chi connectivity index (χ4n) is 3.15. The van der Waals surface area contributed by atoms with Gasteiger partial charge in [0.1, 0.15) is 6.10 Å². The summed E-state index contributed by atoms with van der Waals surface area (Å²) in [5.74, 6) is -0.546. The third-order valence-corrected chi connectivity index (χ3v) is 4.47. The number of rotatable bonds is 4. The Morgan fingerprint density at radius 2 is 2.21 bits per heavy atom. The minimum Gasteiger partial charge on any atom is -0.442 e. The third kappa shape index (κ3) is 3.12. The first-order valence-corrected chi connectivity index (χ1v) is 8.00. The molecule has 128 valence electrons. The van der Waals surface area contributed by atoms with Crippen LogP contribution in [0.25, 0.3) is 0 Å². The summed E-state index contributed by atoms with van der Waals surface area (Å²) in [6, 6.07) is 5.27. The van der Waals surface area contributed by atoms with Crippen LogP contribution in [0.5, 0.6) is 0 Å². The lowest BCUT2D eigenvalue weighted by molar-refractivity contribution is -0.119. The molecule has 0 spiro atoms. The fourth-order valence-corrected chi connectivity index (χ4v) is 3.15. The van der Waals surface area contributed by atoms with Crippen LogP contribution < -0.4 is 10.2 Å². The number of carbonyl (C=O) groups excluding carboxylic acids is 3. The number of carbonyl (C=O) groups is 3. The van der Waals surface area contributed by atoms with Gasteiger partial charge in [0.2, 0.25) is 5.91 Å². The number of ether oxygens (including phenoxy) is 1. The van der Waals surface area contributed by atoms with Gasteiger partial charge in [-0.2, -0.15) is 0 Å². The first kappa shape index (κ1) is 16.4. The van der Waals surface area contributed by atoms with Crippen LogP contribution in [0, 0.1) is 5.92 Å². The topological polar surface area (TPSA) is 95.9 Å². The molecule has 7 heteroatoms. The highest BCUT2D eigenvalue weighted by molar-refractivity contribution is 6.01. The Morgan fingerprint density at radius 1 is 1.42 bits per heavy atom. The fraction of sp³-hybridized carbons (Fsp3) is 0.471. The van der Waals surface area contributed by atoms with Crippen LogP contribution in [0.3, 0.4) is 0 Å². The second-order valence-electron chi connectivity index (χ2n) is 6.18. The lowest BCUT2D eigenvalue weighted by Crippen LogP contribution is -2.33. The van der Waals surface area contributed by atoms with E-state index in [1.54, 1.807) is 12.1 Å². The molecule has 2 aliphatic rings. The Balaban J connectivity index is 1.75. The summed E-state index contributed by atoms with van der Waals surface area (Å²) < 4.78 is 5.25. The minimum atomic E-state index is -0.458. The van der Waals surface area contributed by atoms with Crippen LogP contribution in [0.4, 0.5) is 10.5 Å². The normalized spacial score (nSPS) is 23.0. The molecule has 1 aromatic carbocycles. The molecular weight excluding hydrogens is 312 g/mol. The summed E-state index contributed by atoms with van der Waals surface area (Å²) in [5.41, 5.74) is 2.19. The van der Waals surface area contributed by atoms with E-state index in [4.69, 9.17) is 4.74 Å². The molecule has 2 amide bonds. The number of fused-ring (bicyclic) bond motifs is 1. The molecular formula is C17H20N2O5. The molecule has 1 aromatic rings. The van der Waals surface area contributed by atoms with Crippen molar-refractivity contribution in [2.24, 2.45) is 5.92 Å². The van der Waals surface area contributed by atoms with Crippen LogP contribution in [-0.4, -0.2) is 48.7 Å². The van der Waals surface area contributed by atoms with E-state index in [0.29, 0.717) is 30.6 Å². The zero-order valence-corrected chi connectivity index (χ0v) is 13.4. The highest BCUT2D eigenvalue weighted by Crippen LogP contribution is 2.30. The number of hydrogen-bond donors (Lipinski definition) is 2. The summed E-state index contributed by atoms with van der Waals surface area (Å²) in [5, 5.41) is 11.9. The largest absolute Gasteiger partial charge is 0.442 e. The number of anilines is 1. The second-order valence-corrected chi connectivity index (χ2v) is 6.18. The molecule has 1 aliphatic carbocycles. The number of Topliss-reactive ketones (excluding diaryl/α,β-unsaturated/α-hetero) is 1. The molecule has 0 saturated carbocycles. The first-order valence-electron chi connectivity index (χ1n) is 8.00. The van der Waals surface area contributed by atoms with Crippen molar-refractivity contribution < 1.29 is 24.2 Å². The molecule has 0 bridgehead atoms. The molecule has 1 aliphatic heterocycles. The average Bonchev–Trinajstić information content (AvgIpc) is 2.94. The molecule has 0 radical (unpaired) electrons. The van der Waals surface area contributed by atoms with Crippen LogP contribution in [0.15, 0.2) is 18.2 Å². The zero-order valence-electron chi connectivity index (χ0n) is 13.4. The molecule has 1 heterocycles. The number of nitrogens with one attached hydrogen (secondary N) is 1. The van der Waals surface area contributed by atoms with Gasteiger partial charge in [-0.1, -0.05) is 0 Å². The average molecular weight is 332 g/mol. The van der Waals surface area contributed by atoms with Crippen molar-refractivity contribution in [3.05, 3.63) is 29.3 Å². The summed E-state index contributed by atoms with van der Waals surface area (Å²) >= 11 is 0. The van der Waals surface area contributed by atoms with E-state index >= 15 is 0 Å². The maximum atomic E-state index is 12.2. The van der Waals surface area contributed by atoms with Gasteiger partial charge in [0, 0.05) is 24.1 Å². The number of nitrogens with zero attached hydrogens (tertiary/aromatic N) is 1. The van der Waals surface area contributed by atoms with Crippen molar-refractivity contribution in [1.82, 2.24) is 5.32 Å². The summed E-state index contributed by atoms with van der Waals surface area (Å²) in [6.07, 6.45) is 0.457. The Hall–Kier alpha value is -2.41. The van der Waals surface area contributed by atoms with Crippen LogP contribution in [0.2, 0.25) is 0 Å². The highest BCUT2D eigenvalue weighted by Gasteiger charge is 2.33. The highest BCUT2D eigenvalue weighted by atomic mass is 16.6. The van der Waals surface area contributed by atoms with Gasteiger partial charge in [-0.25, -0.2) is 4.79 Å². The third-order valence-electron chi connectivity index (χ3n) is 4.47. The van der Waals surface area contributed by atoms with Crippen LogP contribution >= 0.6 is 0 Å². The summed E-state index contributed by atoms with van der Waals surface area (Å²) in [6.45, 7) is 1.91. The standard InChI is InChI=1S/C17H20N2O5/c1-10(21)18-7-14-8-19(17(23)24-14)13-4-5-15-11(6-13)2-3-12(9-20)16(15)22/h4-6,12,14,20H,2-3,7-9H2,1H3,(H,18,21)/t12-,14-/m0/s1. The van der Waals surface area contributed by atoms with Crippen molar-refractivity contribution in [2.45, 2.75) is 25.9 Å². The summed E-state index contributed by atoms with van der Waals surface area (Å²) in [4.78, 5) is 36.8. The Kier molecular flexibility index (Phi) is 4.53. The van der Waals surface area contributed by atoms with E-state index in [2.05, 4.69) is 5.32 Å². The Labute approximate surface area is 139 Å². The zero-order chi connectivity index (χ0) is 17.3. The lowest BCUT2D eigenvalue weighted by atomic mass is 9.83. The van der Waals surface area contributed by atoms with Gasteiger partial charge in [-0.3, -0.25) is 14.5 Å². The molecule has 24 heavy (non-hydrogen) atoms. The van der Waals surface area contributed by atoms with Gasteiger partial charge < -0.3 is 15.2 Å². The minimum absolute atomic E-state index is 0.0437. The van der Waals surface area contributed by atoms with Gasteiger partial charge in [-0.05, 0) is 36.6 Å². The van der Waals surface area contributed by atoms with Crippen molar-refractivity contribution in [2.75, 3.05) is 24.6 Å². The number of benzene rings is 1. The van der Waals surface area contributed by atoms with E-state index in [-0.39, 0.29) is 30.8 Å². The van der Waals surface area contributed by atoms with Gasteiger partial charge in [0.25, 0.3) is 0 Å². The number of amides is 2. The molecule has 2 N–H and O–H groups in total. The second kappa shape index (κ2) is 6.60. The van der Waals surface area contributed by atoms with E-state index in [1.807, 2.05) is 6.07 Å². The lowest BCUT2D eigenvalue weighted by Gasteiger charge is -2.23. The summed E-state index contributed by atoms with van der Waals surface area (Å²) in [7, 11) is 0. The quantitative estimate of drug-likeness (QED) is 0.853. The van der Waals surface area contributed by atoms with E-state index in [1.165, 1.54) is 11.8 Å². The van der Waals surface area contributed by atoms with Gasteiger partial charge >= 0.3 is 6.09 Å². The molecule has 1 saturated heterocycles. The maximum Gasteiger partial charge on any atom is 0.414 e. The van der Waals surface area contributed by atoms with Crippen molar-refractivity contribution >= 4 is 23.5 Å². The maximum absolute atomic E-state index is 12.2. The molecule has 2 atom stereocenters. The number of ketones is 1. The van der Waals surface area contributed by atoms with E-state index < -0.39 is 12.2 Å². The number of hydrogen-bond acceptors (Lipinski definition) is 5. The number of aryl methyl sites for hydroxylation is 1. The molecule has 3 rings (SSSR count). The van der Waals surface area contributed by atoms with Crippen molar-refractivity contribution in [3.8, 4) is 0 Å². The number of aliphatic hydroxyl groups excluding tert-OH is 1. The van der Waals surface area contributed by atoms with Crippen molar-refractivity contribution in [1.29, 1.82) is 0 Å². The monoisotopic (exact) mass is 332 g/mol. The number of cyclic esters (lactones) is 1. The van der Waals surface area contributed by atoms with E-state index in [9.17, 15) is 19.5 Å². The van der Waals surface area contributed by atoms with Crippen molar-refractivity contribution in [3.63, 3.8) is 0 Å². The Bertz CT molecular complexity index is 688. The number of aliphatic hydroxyl groups is 1. The first-order chi connectivity index (χ1) is 11.5. The predicted molar refractivity (Wildman–Crippen MR) is 86.0 cm³/mol. The van der Waals surface area contributed by atoms with Gasteiger partial charge in [0.15, 0.2) is 5.78 Å². The molecule has 1 fully saturated rings. The molecule has 7 nitrogen and oxygen atoms in total. The van der Waals surface area contributed by atoms with Crippen LogP contribution in [-0.2, 0) is 16.0 Å². The Morgan fingerprint density at radius 3 is 2.92 bits per heavy atom. The van der Waals surface area contributed by atoms with Gasteiger partial charge in [0.05, 0.1) is 19.7 Å². The predicted octanol–water partition coefficient (Wildman–Crippen LogP) is 0.885. The smallest absolute Gasteiger partial charge is 0.414 e. The van der Waals surface area contributed by atoms with E-state index in [0.717, 1.165) is 5.56 Å². The molecule has 0 aromatic heterocycles. The van der Waals surface area contributed by atoms with Crippen LogP contribution in [0.1, 0.15) is 29.3 Å².